The maximum Gasteiger partial charge on any atom is 0.335 e. The topological polar surface area (TPSA) is 87.2 Å². The molecule has 23 heavy (non-hydrogen) atoms. The lowest BCUT2D eigenvalue weighted by molar-refractivity contribution is 0.0696. The van der Waals surface area contributed by atoms with Gasteiger partial charge in [0.2, 0.25) is 10.0 Å². The van der Waals surface area contributed by atoms with Crippen LogP contribution >= 0.6 is 0 Å². The fourth-order valence-electron chi connectivity index (χ4n) is 2.72. The van der Waals surface area contributed by atoms with E-state index < -0.39 is 16.0 Å². The monoisotopic (exact) mass is 342 g/mol. The highest BCUT2D eigenvalue weighted by molar-refractivity contribution is 7.88. The number of piperazine rings is 1. The van der Waals surface area contributed by atoms with Gasteiger partial charge in [-0.25, -0.2) is 13.2 Å². The third-order valence-electron chi connectivity index (χ3n) is 3.83. The van der Waals surface area contributed by atoms with E-state index in [0.29, 0.717) is 38.5 Å². The molecular formula is C15H22N2O5S. The van der Waals surface area contributed by atoms with Gasteiger partial charge in [-0.15, -0.1) is 0 Å². The van der Waals surface area contributed by atoms with E-state index in [4.69, 9.17) is 9.84 Å². The first kappa shape index (κ1) is 17.7. The van der Waals surface area contributed by atoms with E-state index >= 15 is 0 Å². The smallest absolute Gasteiger partial charge is 0.335 e. The zero-order chi connectivity index (χ0) is 17.0. The summed E-state index contributed by atoms with van der Waals surface area (Å²) in [5, 5.41) is 8.94. The molecule has 1 aliphatic heterocycles. The van der Waals surface area contributed by atoms with Crippen molar-refractivity contribution in [2.75, 3.05) is 39.0 Å². The van der Waals surface area contributed by atoms with Crippen LogP contribution < -0.4 is 4.74 Å². The van der Waals surface area contributed by atoms with Crippen molar-refractivity contribution < 1.29 is 23.1 Å². The summed E-state index contributed by atoms with van der Waals surface area (Å²) < 4.78 is 30.4. The molecule has 0 radical (unpaired) electrons. The largest absolute Gasteiger partial charge is 0.492 e. The highest BCUT2D eigenvalue weighted by Crippen LogP contribution is 2.15. The van der Waals surface area contributed by atoms with Gasteiger partial charge < -0.3 is 9.84 Å². The average Bonchev–Trinajstić information content (AvgIpc) is 2.46. The highest BCUT2D eigenvalue weighted by Gasteiger charge is 2.29. The van der Waals surface area contributed by atoms with Crippen LogP contribution in [0, 0.1) is 0 Å². The second kappa shape index (κ2) is 7.29. The molecule has 1 atom stereocenters. The number of sulfonamides is 1. The van der Waals surface area contributed by atoms with Crippen LogP contribution in [-0.4, -0.2) is 73.8 Å². The Morgan fingerprint density at radius 2 is 2.13 bits per heavy atom. The second-order valence-corrected chi connectivity index (χ2v) is 7.64. The van der Waals surface area contributed by atoms with E-state index in [0.717, 1.165) is 0 Å². The van der Waals surface area contributed by atoms with Crippen molar-refractivity contribution in [1.82, 2.24) is 9.21 Å². The van der Waals surface area contributed by atoms with Crippen molar-refractivity contribution in [2.24, 2.45) is 0 Å². The Hall–Kier alpha value is -1.64. The van der Waals surface area contributed by atoms with Crippen molar-refractivity contribution in [3.8, 4) is 5.75 Å². The van der Waals surface area contributed by atoms with Gasteiger partial charge in [-0.05, 0) is 25.1 Å². The summed E-state index contributed by atoms with van der Waals surface area (Å²) in [6.45, 7) is 4.79. The number of nitrogens with zero attached hydrogens (tertiary/aromatic N) is 2. The van der Waals surface area contributed by atoms with Gasteiger partial charge >= 0.3 is 5.97 Å². The molecule has 0 aromatic heterocycles. The molecule has 0 bridgehead atoms. The number of ether oxygens (including phenoxy) is 1. The van der Waals surface area contributed by atoms with Gasteiger partial charge in [-0.3, -0.25) is 4.90 Å². The number of benzene rings is 1. The van der Waals surface area contributed by atoms with Crippen LogP contribution in [0.5, 0.6) is 5.75 Å². The molecule has 1 aromatic carbocycles. The van der Waals surface area contributed by atoms with E-state index in [1.54, 1.807) is 12.1 Å². The van der Waals surface area contributed by atoms with Crippen molar-refractivity contribution in [1.29, 1.82) is 0 Å². The number of carboxylic acid groups (broad SMARTS) is 1. The molecule has 128 valence electrons. The maximum atomic E-state index is 11.6. The molecule has 0 aliphatic carbocycles. The lowest BCUT2D eigenvalue weighted by atomic mass is 10.2. The van der Waals surface area contributed by atoms with Gasteiger partial charge in [-0.1, -0.05) is 6.07 Å². The Kier molecular flexibility index (Phi) is 5.61. The third kappa shape index (κ3) is 4.92. The van der Waals surface area contributed by atoms with Crippen molar-refractivity contribution in [3.05, 3.63) is 29.8 Å². The van der Waals surface area contributed by atoms with Gasteiger partial charge in [0.15, 0.2) is 0 Å². The summed E-state index contributed by atoms with van der Waals surface area (Å²) in [6, 6.07) is 6.31. The van der Waals surface area contributed by atoms with Crippen LogP contribution in [0.2, 0.25) is 0 Å². The Labute approximate surface area is 136 Å². The van der Waals surface area contributed by atoms with Crippen LogP contribution in [0.1, 0.15) is 17.3 Å². The quantitative estimate of drug-likeness (QED) is 0.820. The Bertz CT molecular complexity index is 662. The fraction of sp³-hybridized carbons (Fsp3) is 0.533. The minimum absolute atomic E-state index is 0.0610. The molecule has 0 unspecified atom stereocenters. The fourth-order valence-corrected chi connectivity index (χ4v) is 3.86. The van der Waals surface area contributed by atoms with Crippen molar-refractivity contribution in [3.63, 3.8) is 0 Å². The molecule has 0 spiro atoms. The molecule has 1 saturated heterocycles. The minimum atomic E-state index is -3.16. The first-order valence-corrected chi connectivity index (χ1v) is 9.27. The molecule has 7 nitrogen and oxygen atoms in total. The number of carboxylic acids is 1. The molecule has 1 fully saturated rings. The van der Waals surface area contributed by atoms with E-state index in [2.05, 4.69) is 4.90 Å². The molecule has 1 aromatic rings. The molecule has 2 rings (SSSR count). The summed E-state index contributed by atoms with van der Waals surface area (Å²) >= 11 is 0. The summed E-state index contributed by atoms with van der Waals surface area (Å²) in [5.74, 6) is -0.464. The first-order chi connectivity index (χ1) is 10.8. The van der Waals surface area contributed by atoms with Crippen LogP contribution in [0.25, 0.3) is 0 Å². The van der Waals surface area contributed by atoms with Gasteiger partial charge in [0.05, 0.1) is 11.8 Å². The predicted molar refractivity (Wildman–Crippen MR) is 86.3 cm³/mol. The lowest BCUT2D eigenvalue weighted by Crippen LogP contribution is -2.54. The van der Waals surface area contributed by atoms with Gasteiger partial charge in [-0.2, -0.15) is 4.31 Å². The predicted octanol–water partition coefficient (Wildman–Crippen LogP) is 0.729. The number of aromatic carboxylic acids is 1. The zero-order valence-electron chi connectivity index (χ0n) is 13.3. The first-order valence-electron chi connectivity index (χ1n) is 7.42. The molecule has 8 heteroatoms. The third-order valence-corrected chi connectivity index (χ3v) is 5.23. The van der Waals surface area contributed by atoms with E-state index in [1.165, 1.54) is 22.7 Å². The Morgan fingerprint density at radius 1 is 1.39 bits per heavy atom. The van der Waals surface area contributed by atoms with Gasteiger partial charge in [0, 0.05) is 32.2 Å². The summed E-state index contributed by atoms with van der Waals surface area (Å²) in [6.07, 6.45) is 1.23. The minimum Gasteiger partial charge on any atom is -0.492 e. The molecule has 0 saturated carbocycles. The summed E-state index contributed by atoms with van der Waals surface area (Å²) in [4.78, 5) is 13.1. The van der Waals surface area contributed by atoms with Crippen LogP contribution in [0.4, 0.5) is 0 Å². The number of rotatable bonds is 6. The van der Waals surface area contributed by atoms with E-state index in [-0.39, 0.29) is 11.6 Å². The van der Waals surface area contributed by atoms with E-state index in [1.807, 2.05) is 6.92 Å². The normalized spacial score (nSPS) is 20.3. The number of hydrogen-bond donors (Lipinski definition) is 1. The number of hydrogen-bond acceptors (Lipinski definition) is 5. The Morgan fingerprint density at radius 3 is 2.74 bits per heavy atom. The van der Waals surface area contributed by atoms with E-state index in [9.17, 15) is 13.2 Å². The number of carbonyl (C=O) groups is 1. The van der Waals surface area contributed by atoms with Crippen LogP contribution in [0.15, 0.2) is 24.3 Å². The van der Waals surface area contributed by atoms with Crippen LogP contribution in [0.3, 0.4) is 0 Å². The molecule has 0 amide bonds. The van der Waals surface area contributed by atoms with Crippen molar-refractivity contribution >= 4 is 16.0 Å². The van der Waals surface area contributed by atoms with Gasteiger partial charge in [0.1, 0.15) is 12.4 Å². The maximum absolute atomic E-state index is 11.6. The standard InChI is InChI=1S/C15H22N2O5S/c1-12-11-16(6-7-17(12)23(2,20)21)8-9-22-14-5-3-4-13(10-14)15(18)19/h3-5,10,12H,6-9,11H2,1-2H3,(H,18,19)/t12-/m1/s1. The lowest BCUT2D eigenvalue weighted by Gasteiger charge is -2.38. The summed E-state index contributed by atoms with van der Waals surface area (Å²) in [7, 11) is -3.16. The van der Waals surface area contributed by atoms with Crippen molar-refractivity contribution in [2.45, 2.75) is 13.0 Å². The Balaban J connectivity index is 1.82. The van der Waals surface area contributed by atoms with Crippen LogP contribution in [-0.2, 0) is 10.0 Å². The second-order valence-electron chi connectivity index (χ2n) is 5.70. The summed E-state index contributed by atoms with van der Waals surface area (Å²) in [5.41, 5.74) is 0.192. The molecule has 1 heterocycles. The van der Waals surface area contributed by atoms with Gasteiger partial charge in [0.25, 0.3) is 0 Å². The molecule has 1 aliphatic rings. The SMILES string of the molecule is C[C@@H]1CN(CCOc2cccc(C(=O)O)c2)CCN1S(C)(=O)=O. The highest BCUT2D eigenvalue weighted by atomic mass is 32.2. The molecule has 1 N–H and O–H groups in total. The average molecular weight is 342 g/mol. The molecular weight excluding hydrogens is 320 g/mol. The zero-order valence-corrected chi connectivity index (χ0v) is 14.1.